The van der Waals surface area contributed by atoms with Gasteiger partial charge in [0.05, 0.1) is 15.7 Å². The Morgan fingerprint density at radius 2 is 1.83 bits per heavy atom. The van der Waals surface area contributed by atoms with Crippen molar-refractivity contribution in [3.63, 3.8) is 0 Å². The molecule has 6 nitrogen and oxygen atoms in total. The standard InChI is InChI=1S/C23H18BrF5N2O4S/c1-11(9-30)35-20-3-2-13(23(27,28)29)6-15(20)14-7-19(18(26)8-17(14)25)31-36(34)21-5-12(10-32)4-16(24)22(21)33/h2-8,10-11,31,33H,9,30H2,1H3. The lowest BCUT2D eigenvalue weighted by molar-refractivity contribution is -0.137. The molecule has 0 bridgehead atoms. The number of phenolic OH excluding ortho intramolecular Hbond substituents is 1. The molecule has 0 spiro atoms. The number of nitrogens with one attached hydrogen (secondary N) is 1. The van der Waals surface area contributed by atoms with Gasteiger partial charge in [-0.1, -0.05) is 0 Å². The minimum absolute atomic E-state index is 0.0110. The molecule has 0 aliphatic rings. The van der Waals surface area contributed by atoms with E-state index in [1.165, 1.54) is 6.07 Å². The molecule has 3 aromatic rings. The second-order valence-electron chi connectivity index (χ2n) is 7.52. The van der Waals surface area contributed by atoms with Crippen molar-refractivity contribution in [3.8, 4) is 22.6 Å². The monoisotopic (exact) mass is 592 g/mol. The number of halogens is 6. The van der Waals surface area contributed by atoms with Gasteiger partial charge in [0, 0.05) is 29.3 Å². The predicted molar refractivity (Wildman–Crippen MR) is 127 cm³/mol. The highest BCUT2D eigenvalue weighted by molar-refractivity contribution is 9.10. The average Bonchev–Trinajstić information content (AvgIpc) is 2.81. The van der Waals surface area contributed by atoms with Crippen LogP contribution in [0.25, 0.3) is 11.1 Å². The van der Waals surface area contributed by atoms with Gasteiger partial charge in [-0.25, -0.2) is 13.0 Å². The van der Waals surface area contributed by atoms with Crippen molar-refractivity contribution in [3.05, 3.63) is 69.7 Å². The molecule has 0 aromatic heterocycles. The number of phenols is 1. The maximum Gasteiger partial charge on any atom is 0.416 e. The van der Waals surface area contributed by atoms with Gasteiger partial charge < -0.3 is 15.6 Å². The third-order valence-electron chi connectivity index (χ3n) is 4.90. The molecule has 0 aliphatic heterocycles. The summed E-state index contributed by atoms with van der Waals surface area (Å²) < 4.78 is 90.2. The minimum Gasteiger partial charge on any atom is -0.505 e. The summed E-state index contributed by atoms with van der Waals surface area (Å²) >= 11 is 3.00. The zero-order valence-electron chi connectivity index (χ0n) is 18.3. The summed E-state index contributed by atoms with van der Waals surface area (Å²) in [5, 5.41) is 10.2. The fraction of sp³-hybridized carbons (Fsp3) is 0.174. The van der Waals surface area contributed by atoms with Crippen LogP contribution in [0.4, 0.5) is 27.6 Å². The van der Waals surface area contributed by atoms with Crippen molar-refractivity contribution < 1.29 is 40.8 Å². The quantitative estimate of drug-likeness (QED) is 0.227. The molecule has 0 amide bonds. The maximum atomic E-state index is 14.8. The summed E-state index contributed by atoms with van der Waals surface area (Å²) in [5.74, 6) is -3.06. The topological polar surface area (TPSA) is 102 Å². The molecule has 4 N–H and O–H groups in total. The fourth-order valence-electron chi connectivity index (χ4n) is 3.08. The van der Waals surface area contributed by atoms with Gasteiger partial charge in [0.25, 0.3) is 0 Å². The lowest BCUT2D eigenvalue weighted by Crippen LogP contribution is -2.23. The third kappa shape index (κ3) is 6.02. The molecule has 0 radical (unpaired) electrons. The highest BCUT2D eigenvalue weighted by Gasteiger charge is 2.32. The van der Waals surface area contributed by atoms with E-state index >= 15 is 0 Å². The summed E-state index contributed by atoms with van der Waals surface area (Å²) in [6, 6.07) is 5.97. The first-order valence-corrected chi connectivity index (χ1v) is 12.0. The lowest BCUT2D eigenvalue weighted by Gasteiger charge is -2.19. The van der Waals surface area contributed by atoms with Crippen molar-refractivity contribution >= 4 is 38.9 Å². The highest BCUT2D eigenvalue weighted by Crippen LogP contribution is 2.40. The van der Waals surface area contributed by atoms with Crippen LogP contribution in [-0.2, 0) is 17.2 Å². The Hall–Kier alpha value is -3.03. The van der Waals surface area contributed by atoms with E-state index in [1.54, 1.807) is 6.92 Å². The molecule has 192 valence electrons. The Bertz CT molecular complexity index is 1340. The number of ether oxygens (including phenoxy) is 1. The number of aromatic hydroxyl groups is 1. The number of aldehydes is 1. The predicted octanol–water partition coefficient (Wildman–Crippen LogP) is 5.79. The van der Waals surface area contributed by atoms with Crippen LogP contribution in [0.1, 0.15) is 22.8 Å². The van der Waals surface area contributed by atoms with E-state index in [2.05, 4.69) is 20.7 Å². The number of hydrogen-bond acceptors (Lipinski definition) is 5. The van der Waals surface area contributed by atoms with Gasteiger partial charge in [0.2, 0.25) is 0 Å². The second-order valence-corrected chi connectivity index (χ2v) is 9.56. The number of hydrogen-bond donors (Lipinski definition) is 3. The van der Waals surface area contributed by atoms with Gasteiger partial charge >= 0.3 is 6.18 Å². The maximum absolute atomic E-state index is 14.8. The van der Waals surface area contributed by atoms with Crippen LogP contribution in [0.5, 0.6) is 11.5 Å². The number of carbonyl (C=O) groups excluding carboxylic acids is 1. The lowest BCUT2D eigenvalue weighted by atomic mass is 10.00. The third-order valence-corrected chi connectivity index (χ3v) is 6.62. The normalized spacial score (nSPS) is 13.2. The average molecular weight is 593 g/mol. The van der Waals surface area contributed by atoms with E-state index in [1.807, 2.05) is 0 Å². The molecule has 3 rings (SSSR count). The number of rotatable bonds is 8. The van der Waals surface area contributed by atoms with Gasteiger partial charge in [0.15, 0.2) is 11.0 Å². The number of alkyl halides is 3. The molecule has 2 atom stereocenters. The van der Waals surface area contributed by atoms with Gasteiger partial charge in [0.1, 0.15) is 40.4 Å². The summed E-state index contributed by atoms with van der Waals surface area (Å²) in [7, 11) is -2.36. The first-order valence-electron chi connectivity index (χ1n) is 10.1. The van der Waals surface area contributed by atoms with Gasteiger partial charge in [-0.15, -0.1) is 0 Å². The zero-order valence-corrected chi connectivity index (χ0v) is 20.7. The van der Waals surface area contributed by atoms with E-state index in [-0.39, 0.29) is 32.8 Å². The van der Waals surface area contributed by atoms with E-state index in [0.717, 1.165) is 24.3 Å². The number of nitrogens with two attached hydrogens (primary N) is 1. The van der Waals surface area contributed by atoms with Crippen LogP contribution in [0.15, 0.2) is 51.8 Å². The van der Waals surface area contributed by atoms with E-state index in [4.69, 9.17) is 10.5 Å². The Balaban J connectivity index is 2.12. The first-order chi connectivity index (χ1) is 16.8. The Kier molecular flexibility index (Phi) is 8.37. The van der Waals surface area contributed by atoms with Crippen LogP contribution in [0, 0.1) is 11.6 Å². The number of benzene rings is 3. The highest BCUT2D eigenvalue weighted by atomic mass is 79.9. The molecule has 0 heterocycles. The largest absolute Gasteiger partial charge is 0.505 e. The van der Waals surface area contributed by atoms with Crippen LogP contribution in [0.3, 0.4) is 0 Å². The Morgan fingerprint density at radius 3 is 2.44 bits per heavy atom. The number of anilines is 1. The van der Waals surface area contributed by atoms with Crippen molar-refractivity contribution in [1.29, 1.82) is 0 Å². The van der Waals surface area contributed by atoms with Crippen LogP contribution in [-0.4, -0.2) is 28.3 Å². The summed E-state index contributed by atoms with van der Waals surface area (Å²) in [6.45, 7) is 1.56. The first kappa shape index (κ1) is 27.6. The Morgan fingerprint density at radius 1 is 1.14 bits per heavy atom. The Labute approximate surface area is 213 Å². The second kappa shape index (κ2) is 10.9. The van der Waals surface area contributed by atoms with E-state index < -0.39 is 57.5 Å². The molecule has 3 aromatic carbocycles. The summed E-state index contributed by atoms with van der Waals surface area (Å²) in [5.41, 5.74) is 3.09. The van der Waals surface area contributed by atoms with Gasteiger partial charge in [-0.2, -0.15) is 13.2 Å². The summed E-state index contributed by atoms with van der Waals surface area (Å²) in [6.07, 6.45) is -4.97. The summed E-state index contributed by atoms with van der Waals surface area (Å²) in [4.78, 5) is 10.8. The molecule has 0 fully saturated rings. The minimum atomic E-state index is -4.76. The molecule has 36 heavy (non-hydrogen) atoms. The van der Waals surface area contributed by atoms with Gasteiger partial charge in [-0.05, 0) is 59.3 Å². The molecule has 2 unspecified atom stereocenters. The molecule has 13 heteroatoms. The van der Waals surface area contributed by atoms with Crippen LogP contribution >= 0.6 is 15.9 Å². The van der Waals surface area contributed by atoms with Crippen molar-refractivity contribution in [2.24, 2.45) is 5.73 Å². The van der Waals surface area contributed by atoms with E-state index in [0.29, 0.717) is 18.4 Å². The van der Waals surface area contributed by atoms with Crippen molar-refractivity contribution in [2.45, 2.75) is 24.1 Å². The van der Waals surface area contributed by atoms with Gasteiger partial charge in [-0.3, -0.25) is 9.52 Å². The zero-order chi connectivity index (χ0) is 26.8. The van der Waals surface area contributed by atoms with Crippen molar-refractivity contribution in [2.75, 3.05) is 11.3 Å². The van der Waals surface area contributed by atoms with Crippen molar-refractivity contribution in [1.82, 2.24) is 0 Å². The SMILES string of the molecule is CC(CN)Oc1ccc(C(F)(F)F)cc1-c1cc(NS(=O)c2cc(C=O)cc(Br)c2O)c(F)cc1F. The molecule has 0 saturated carbocycles. The molecule has 0 saturated heterocycles. The van der Waals surface area contributed by atoms with Crippen LogP contribution < -0.4 is 15.2 Å². The van der Waals surface area contributed by atoms with E-state index in [9.17, 15) is 36.1 Å². The van der Waals surface area contributed by atoms with Crippen LogP contribution in [0.2, 0.25) is 0 Å². The molecule has 0 aliphatic carbocycles. The fourth-order valence-corrected chi connectivity index (χ4v) is 4.68. The smallest absolute Gasteiger partial charge is 0.416 e. The molecular formula is C23H18BrF5N2O4S. The molecular weight excluding hydrogens is 575 g/mol. The number of carbonyl (C=O) groups is 1.